The molecule has 2 heteroatoms. The van der Waals surface area contributed by atoms with Crippen LogP contribution in [0.3, 0.4) is 0 Å². The van der Waals surface area contributed by atoms with Crippen LogP contribution in [-0.2, 0) is 6.42 Å². The molecule has 0 aliphatic carbocycles. The van der Waals surface area contributed by atoms with Crippen molar-refractivity contribution >= 4 is 0 Å². The molecule has 0 aliphatic rings. The fraction of sp³-hybridized carbons (Fsp3) is 0.400. The second kappa shape index (κ2) is 4.12. The molecule has 2 nitrogen and oxygen atoms in total. The zero-order valence-electron chi connectivity index (χ0n) is 7.38. The van der Waals surface area contributed by atoms with Gasteiger partial charge >= 0.3 is 0 Å². The molecule has 0 fully saturated rings. The van der Waals surface area contributed by atoms with Crippen LogP contribution < -0.4 is 5.73 Å². The number of para-hydroxylation sites is 1. The highest BCUT2D eigenvalue weighted by molar-refractivity contribution is 5.39. The van der Waals surface area contributed by atoms with Crippen molar-refractivity contribution in [1.82, 2.24) is 0 Å². The van der Waals surface area contributed by atoms with Crippen LogP contribution >= 0.6 is 0 Å². The van der Waals surface area contributed by atoms with E-state index in [9.17, 15) is 5.11 Å². The molecule has 0 saturated heterocycles. The van der Waals surface area contributed by atoms with Gasteiger partial charge in [0.15, 0.2) is 0 Å². The van der Waals surface area contributed by atoms with Gasteiger partial charge < -0.3 is 10.8 Å². The van der Waals surface area contributed by atoms with Crippen molar-refractivity contribution in [3.05, 3.63) is 29.3 Å². The maximum Gasteiger partial charge on any atom is 0.121 e. The van der Waals surface area contributed by atoms with Gasteiger partial charge in [-0.05, 0) is 37.4 Å². The van der Waals surface area contributed by atoms with Crippen molar-refractivity contribution in [1.29, 1.82) is 0 Å². The van der Waals surface area contributed by atoms with Crippen LogP contribution in [0.2, 0.25) is 0 Å². The van der Waals surface area contributed by atoms with Gasteiger partial charge in [0.25, 0.3) is 0 Å². The number of aromatic hydroxyl groups is 1. The molecule has 0 atom stereocenters. The van der Waals surface area contributed by atoms with Crippen LogP contribution in [0, 0.1) is 6.92 Å². The summed E-state index contributed by atoms with van der Waals surface area (Å²) in [6.45, 7) is 2.58. The van der Waals surface area contributed by atoms with Crippen LogP contribution in [0.5, 0.6) is 5.75 Å². The maximum absolute atomic E-state index is 9.58. The molecule has 0 radical (unpaired) electrons. The number of nitrogens with two attached hydrogens (primary N) is 1. The first-order chi connectivity index (χ1) is 5.75. The van der Waals surface area contributed by atoms with Crippen LogP contribution in [0.25, 0.3) is 0 Å². The standard InChI is InChI=1S/C10H15NO/c1-8-4-2-5-9(10(8)12)6-3-7-11/h2,4-5,12H,3,6-7,11H2,1H3. The normalized spacial score (nSPS) is 10.2. The zero-order chi connectivity index (χ0) is 8.97. The smallest absolute Gasteiger partial charge is 0.121 e. The lowest BCUT2D eigenvalue weighted by Crippen LogP contribution is -2.00. The van der Waals surface area contributed by atoms with Gasteiger partial charge in [-0.25, -0.2) is 0 Å². The quantitative estimate of drug-likeness (QED) is 0.714. The summed E-state index contributed by atoms with van der Waals surface area (Å²) in [5, 5.41) is 9.58. The molecule has 0 spiro atoms. The van der Waals surface area contributed by atoms with E-state index in [0.29, 0.717) is 12.3 Å². The fourth-order valence-corrected chi connectivity index (χ4v) is 1.21. The van der Waals surface area contributed by atoms with E-state index in [1.807, 2.05) is 25.1 Å². The first-order valence-corrected chi connectivity index (χ1v) is 4.23. The first kappa shape index (κ1) is 9.07. The summed E-state index contributed by atoms with van der Waals surface area (Å²) in [6.07, 6.45) is 1.79. The predicted molar refractivity (Wildman–Crippen MR) is 50.2 cm³/mol. The summed E-state index contributed by atoms with van der Waals surface area (Å²) in [5.74, 6) is 0.422. The van der Waals surface area contributed by atoms with E-state index in [1.54, 1.807) is 0 Å². The minimum Gasteiger partial charge on any atom is -0.507 e. The number of aryl methyl sites for hydroxylation is 2. The van der Waals surface area contributed by atoms with Gasteiger partial charge in [0.1, 0.15) is 5.75 Å². The molecular formula is C10H15NO. The Kier molecular flexibility index (Phi) is 3.11. The number of rotatable bonds is 3. The average molecular weight is 165 g/mol. The molecule has 1 rings (SSSR count). The van der Waals surface area contributed by atoms with Gasteiger partial charge in [0, 0.05) is 0 Å². The monoisotopic (exact) mass is 165 g/mol. The van der Waals surface area contributed by atoms with E-state index in [2.05, 4.69) is 0 Å². The Labute approximate surface area is 73.0 Å². The van der Waals surface area contributed by atoms with Crippen molar-refractivity contribution in [2.45, 2.75) is 19.8 Å². The number of benzene rings is 1. The molecule has 0 aliphatic heterocycles. The second-order valence-corrected chi connectivity index (χ2v) is 2.97. The van der Waals surface area contributed by atoms with E-state index in [-0.39, 0.29) is 0 Å². The number of phenolic OH excluding ortho intramolecular Hbond substituents is 1. The molecule has 12 heavy (non-hydrogen) atoms. The lowest BCUT2D eigenvalue weighted by molar-refractivity contribution is 0.463. The fourth-order valence-electron chi connectivity index (χ4n) is 1.21. The Hall–Kier alpha value is -1.02. The summed E-state index contributed by atoms with van der Waals surface area (Å²) in [5.41, 5.74) is 7.32. The molecular weight excluding hydrogens is 150 g/mol. The molecule has 0 unspecified atom stereocenters. The predicted octanol–water partition coefficient (Wildman–Crippen LogP) is 1.59. The number of phenols is 1. The molecule has 0 aromatic heterocycles. The van der Waals surface area contributed by atoms with E-state index >= 15 is 0 Å². The topological polar surface area (TPSA) is 46.2 Å². The van der Waals surface area contributed by atoms with Gasteiger partial charge in [0.2, 0.25) is 0 Å². The summed E-state index contributed by atoms with van der Waals surface area (Å²) in [4.78, 5) is 0. The minimum atomic E-state index is 0.422. The van der Waals surface area contributed by atoms with Crippen LogP contribution in [0.1, 0.15) is 17.5 Å². The highest BCUT2D eigenvalue weighted by Gasteiger charge is 2.01. The van der Waals surface area contributed by atoms with Gasteiger partial charge in [-0.15, -0.1) is 0 Å². The molecule has 1 aromatic rings. The highest BCUT2D eigenvalue weighted by atomic mass is 16.3. The molecule has 3 N–H and O–H groups in total. The summed E-state index contributed by atoms with van der Waals surface area (Å²) >= 11 is 0. The Bertz CT molecular complexity index is 258. The van der Waals surface area contributed by atoms with Gasteiger partial charge in [-0.1, -0.05) is 18.2 Å². The van der Waals surface area contributed by atoms with Crippen molar-refractivity contribution in [2.75, 3.05) is 6.54 Å². The highest BCUT2D eigenvalue weighted by Crippen LogP contribution is 2.22. The molecule has 0 saturated carbocycles. The Morgan fingerprint density at radius 2 is 2.17 bits per heavy atom. The average Bonchev–Trinajstić information content (AvgIpc) is 2.08. The lowest BCUT2D eigenvalue weighted by atomic mass is 10.1. The SMILES string of the molecule is Cc1cccc(CCCN)c1O. The van der Waals surface area contributed by atoms with Gasteiger partial charge in [0.05, 0.1) is 0 Å². The molecule has 66 valence electrons. The molecule has 0 amide bonds. The molecule has 0 heterocycles. The van der Waals surface area contributed by atoms with E-state index in [0.717, 1.165) is 24.0 Å². The lowest BCUT2D eigenvalue weighted by Gasteiger charge is -2.05. The van der Waals surface area contributed by atoms with Gasteiger partial charge in [-0.3, -0.25) is 0 Å². The Morgan fingerprint density at radius 3 is 2.83 bits per heavy atom. The van der Waals surface area contributed by atoms with E-state index in [1.165, 1.54) is 0 Å². The van der Waals surface area contributed by atoms with Crippen LogP contribution in [-0.4, -0.2) is 11.7 Å². The summed E-state index contributed by atoms with van der Waals surface area (Å²) < 4.78 is 0. The van der Waals surface area contributed by atoms with Crippen LogP contribution in [0.4, 0.5) is 0 Å². The second-order valence-electron chi connectivity index (χ2n) is 2.97. The van der Waals surface area contributed by atoms with Crippen molar-refractivity contribution in [2.24, 2.45) is 5.73 Å². The van der Waals surface area contributed by atoms with Gasteiger partial charge in [-0.2, -0.15) is 0 Å². The Balaban J connectivity index is 2.78. The van der Waals surface area contributed by atoms with Crippen molar-refractivity contribution in [3.8, 4) is 5.75 Å². The maximum atomic E-state index is 9.58. The zero-order valence-corrected chi connectivity index (χ0v) is 7.38. The third kappa shape index (κ3) is 1.98. The Morgan fingerprint density at radius 1 is 1.42 bits per heavy atom. The van der Waals surface area contributed by atoms with Crippen molar-refractivity contribution in [3.63, 3.8) is 0 Å². The molecule has 0 bridgehead atoms. The third-order valence-corrected chi connectivity index (χ3v) is 1.97. The minimum absolute atomic E-state index is 0.422. The molecule has 1 aromatic carbocycles. The first-order valence-electron chi connectivity index (χ1n) is 4.23. The van der Waals surface area contributed by atoms with Crippen molar-refractivity contribution < 1.29 is 5.11 Å². The number of hydrogen-bond acceptors (Lipinski definition) is 2. The largest absolute Gasteiger partial charge is 0.507 e. The van der Waals surface area contributed by atoms with Crippen LogP contribution in [0.15, 0.2) is 18.2 Å². The van der Waals surface area contributed by atoms with E-state index in [4.69, 9.17) is 5.73 Å². The number of hydrogen-bond donors (Lipinski definition) is 2. The summed E-state index contributed by atoms with van der Waals surface area (Å²) in [6, 6.07) is 5.81. The summed E-state index contributed by atoms with van der Waals surface area (Å²) in [7, 11) is 0. The third-order valence-electron chi connectivity index (χ3n) is 1.97. The van der Waals surface area contributed by atoms with E-state index < -0.39 is 0 Å².